The van der Waals surface area contributed by atoms with E-state index >= 15 is 0 Å². The van der Waals surface area contributed by atoms with Gasteiger partial charge in [0.1, 0.15) is 0 Å². The molecule has 0 aliphatic rings. The van der Waals surface area contributed by atoms with Gasteiger partial charge in [-0.15, -0.1) is 12.3 Å². The summed E-state index contributed by atoms with van der Waals surface area (Å²) in [5.74, 6) is 1.05. The number of rotatable bonds is 5. The minimum absolute atomic E-state index is 0.0508. The van der Waals surface area contributed by atoms with Gasteiger partial charge in [-0.25, -0.2) is 0 Å². The third-order valence-electron chi connectivity index (χ3n) is 2.25. The maximum absolute atomic E-state index is 11.5. The predicted octanol–water partition coefficient (Wildman–Crippen LogP) is 0.603. The summed E-state index contributed by atoms with van der Waals surface area (Å²) in [6, 6.07) is 5.78. The third-order valence-corrected chi connectivity index (χ3v) is 2.25. The van der Waals surface area contributed by atoms with E-state index in [1.165, 1.54) is 0 Å². The molecule has 1 aromatic rings. The van der Waals surface area contributed by atoms with Crippen molar-refractivity contribution in [2.45, 2.75) is 18.9 Å². The summed E-state index contributed by atoms with van der Waals surface area (Å²) in [5.41, 5.74) is 6.76. The van der Waals surface area contributed by atoms with Gasteiger partial charge in [0, 0.05) is 12.1 Å². The summed E-state index contributed by atoms with van der Waals surface area (Å²) < 4.78 is 0. The lowest BCUT2D eigenvalue weighted by Crippen LogP contribution is -2.35. The Morgan fingerprint density at radius 3 is 2.50 bits per heavy atom. The molecule has 0 saturated carbocycles. The van der Waals surface area contributed by atoms with E-state index in [0.29, 0.717) is 11.3 Å². The lowest BCUT2D eigenvalue weighted by molar-refractivity contribution is -0.136. The van der Waals surface area contributed by atoms with Crippen LogP contribution in [-0.4, -0.2) is 23.0 Å². The summed E-state index contributed by atoms with van der Waals surface area (Å²) in [4.78, 5) is 22.0. The fourth-order valence-electron chi connectivity index (χ4n) is 1.34. The van der Waals surface area contributed by atoms with Gasteiger partial charge >= 0.3 is 5.97 Å². The molecule has 0 bridgehead atoms. The van der Waals surface area contributed by atoms with Crippen LogP contribution in [0.15, 0.2) is 24.3 Å². The number of terminal acetylenes is 1. The molecule has 5 heteroatoms. The first-order valence-corrected chi connectivity index (χ1v) is 5.33. The molecule has 94 valence electrons. The molecule has 0 spiro atoms. The van der Waals surface area contributed by atoms with E-state index in [1.807, 2.05) is 0 Å². The average Bonchev–Trinajstić information content (AvgIpc) is 2.31. The van der Waals surface area contributed by atoms with Crippen LogP contribution < -0.4 is 11.1 Å². The van der Waals surface area contributed by atoms with Gasteiger partial charge in [-0.3, -0.25) is 9.59 Å². The zero-order chi connectivity index (χ0) is 13.5. The second-order valence-electron chi connectivity index (χ2n) is 3.77. The van der Waals surface area contributed by atoms with Crippen molar-refractivity contribution in [3.8, 4) is 12.3 Å². The van der Waals surface area contributed by atoms with E-state index in [-0.39, 0.29) is 18.7 Å². The van der Waals surface area contributed by atoms with Crippen LogP contribution in [0, 0.1) is 12.3 Å². The van der Waals surface area contributed by atoms with Gasteiger partial charge in [0.15, 0.2) is 0 Å². The maximum atomic E-state index is 11.5. The highest BCUT2D eigenvalue weighted by atomic mass is 16.4. The fourth-order valence-corrected chi connectivity index (χ4v) is 1.34. The van der Waals surface area contributed by atoms with E-state index < -0.39 is 12.0 Å². The number of aliphatic carboxylic acids is 1. The number of nitrogens with two attached hydrogens (primary N) is 1. The summed E-state index contributed by atoms with van der Waals surface area (Å²) in [6.07, 6.45) is 5.18. The zero-order valence-electron chi connectivity index (χ0n) is 9.72. The number of amides is 1. The number of hydrogen-bond donors (Lipinski definition) is 3. The Balaban J connectivity index is 2.61. The van der Waals surface area contributed by atoms with Crippen LogP contribution in [0.4, 0.5) is 5.69 Å². The lowest BCUT2D eigenvalue weighted by Gasteiger charge is -2.09. The second-order valence-corrected chi connectivity index (χ2v) is 3.77. The van der Waals surface area contributed by atoms with Crippen molar-refractivity contribution < 1.29 is 14.7 Å². The molecule has 4 N–H and O–H groups in total. The molecule has 0 radical (unpaired) electrons. The summed E-state index contributed by atoms with van der Waals surface area (Å²) in [6.45, 7) is 0. The molecule has 1 aromatic carbocycles. The SMILES string of the molecule is C#CCC(N)C(=O)Nc1ccc(CC(=O)O)cc1. The van der Waals surface area contributed by atoms with Crippen LogP contribution in [-0.2, 0) is 16.0 Å². The van der Waals surface area contributed by atoms with Gasteiger partial charge in [0.05, 0.1) is 12.5 Å². The number of carboxylic acid groups (broad SMARTS) is 1. The van der Waals surface area contributed by atoms with Crippen molar-refractivity contribution in [1.82, 2.24) is 0 Å². The molecular formula is C13H14N2O3. The molecule has 0 fully saturated rings. The topological polar surface area (TPSA) is 92.4 Å². The van der Waals surface area contributed by atoms with Gasteiger partial charge in [-0.2, -0.15) is 0 Å². The van der Waals surface area contributed by atoms with E-state index in [1.54, 1.807) is 24.3 Å². The van der Waals surface area contributed by atoms with Gasteiger partial charge in [-0.05, 0) is 17.7 Å². The molecular weight excluding hydrogens is 232 g/mol. The smallest absolute Gasteiger partial charge is 0.307 e. The van der Waals surface area contributed by atoms with E-state index in [4.69, 9.17) is 17.3 Å². The first-order chi connectivity index (χ1) is 8.52. The lowest BCUT2D eigenvalue weighted by atomic mass is 10.1. The van der Waals surface area contributed by atoms with Crippen molar-refractivity contribution in [1.29, 1.82) is 0 Å². The Morgan fingerprint density at radius 2 is 2.00 bits per heavy atom. The monoisotopic (exact) mass is 246 g/mol. The number of nitrogens with one attached hydrogen (secondary N) is 1. The number of benzene rings is 1. The van der Waals surface area contributed by atoms with E-state index in [9.17, 15) is 9.59 Å². The van der Waals surface area contributed by atoms with E-state index in [0.717, 1.165) is 0 Å². The molecule has 1 unspecified atom stereocenters. The number of carbonyl (C=O) groups excluding carboxylic acids is 1. The van der Waals surface area contributed by atoms with Gasteiger partial charge < -0.3 is 16.2 Å². The molecule has 5 nitrogen and oxygen atoms in total. The van der Waals surface area contributed by atoms with Gasteiger partial charge in [0.25, 0.3) is 0 Å². The van der Waals surface area contributed by atoms with Gasteiger partial charge in [0.2, 0.25) is 5.91 Å². The highest BCUT2D eigenvalue weighted by Crippen LogP contribution is 2.10. The highest BCUT2D eigenvalue weighted by Gasteiger charge is 2.11. The van der Waals surface area contributed by atoms with Crippen molar-refractivity contribution in [2.24, 2.45) is 5.73 Å². The molecule has 0 saturated heterocycles. The minimum Gasteiger partial charge on any atom is -0.481 e. The second kappa shape index (κ2) is 6.42. The Hall–Kier alpha value is -2.32. The number of carboxylic acids is 1. The van der Waals surface area contributed by atoms with Crippen molar-refractivity contribution in [3.05, 3.63) is 29.8 Å². The molecule has 0 aromatic heterocycles. The first kappa shape index (κ1) is 13.7. The molecule has 1 amide bonds. The van der Waals surface area contributed by atoms with Crippen molar-refractivity contribution >= 4 is 17.6 Å². The predicted molar refractivity (Wildman–Crippen MR) is 67.8 cm³/mol. The Bertz CT molecular complexity index is 474. The largest absolute Gasteiger partial charge is 0.481 e. The first-order valence-electron chi connectivity index (χ1n) is 5.33. The Labute approximate surface area is 105 Å². The number of carbonyl (C=O) groups is 2. The molecule has 0 aliphatic carbocycles. The van der Waals surface area contributed by atoms with Crippen LogP contribution in [0.5, 0.6) is 0 Å². The zero-order valence-corrected chi connectivity index (χ0v) is 9.72. The Morgan fingerprint density at radius 1 is 1.39 bits per heavy atom. The number of hydrogen-bond acceptors (Lipinski definition) is 3. The van der Waals surface area contributed by atoms with Crippen LogP contribution >= 0.6 is 0 Å². The number of anilines is 1. The molecule has 1 atom stereocenters. The average molecular weight is 246 g/mol. The fraction of sp³-hybridized carbons (Fsp3) is 0.231. The van der Waals surface area contributed by atoms with E-state index in [2.05, 4.69) is 11.2 Å². The highest BCUT2D eigenvalue weighted by molar-refractivity contribution is 5.94. The minimum atomic E-state index is -0.900. The molecule has 1 rings (SSSR count). The van der Waals surface area contributed by atoms with Crippen LogP contribution in [0.1, 0.15) is 12.0 Å². The summed E-state index contributed by atoms with van der Waals surface area (Å²) in [5, 5.41) is 11.2. The maximum Gasteiger partial charge on any atom is 0.307 e. The van der Waals surface area contributed by atoms with Gasteiger partial charge in [-0.1, -0.05) is 12.1 Å². The Kier molecular flexibility index (Phi) is 4.90. The van der Waals surface area contributed by atoms with Crippen LogP contribution in [0.25, 0.3) is 0 Å². The summed E-state index contributed by atoms with van der Waals surface area (Å²) >= 11 is 0. The van der Waals surface area contributed by atoms with Crippen molar-refractivity contribution in [3.63, 3.8) is 0 Å². The molecule has 18 heavy (non-hydrogen) atoms. The molecule has 0 aliphatic heterocycles. The third kappa shape index (κ3) is 4.28. The molecule has 0 heterocycles. The van der Waals surface area contributed by atoms with Crippen LogP contribution in [0.3, 0.4) is 0 Å². The van der Waals surface area contributed by atoms with Crippen LogP contribution in [0.2, 0.25) is 0 Å². The summed E-state index contributed by atoms with van der Waals surface area (Å²) in [7, 11) is 0. The standard InChI is InChI=1S/C13H14N2O3/c1-2-3-11(14)13(18)15-10-6-4-9(5-7-10)8-12(16)17/h1,4-7,11H,3,8,14H2,(H,15,18)(H,16,17). The van der Waals surface area contributed by atoms with Crippen molar-refractivity contribution in [2.75, 3.05) is 5.32 Å². The normalized spacial score (nSPS) is 11.3. The quantitative estimate of drug-likeness (QED) is 0.663.